The first-order valence-electron chi connectivity index (χ1n) is 6.60. The van der Waals surface area contributed by atoms with Gasteiger partial charge in [-0.25, -0.2) is 0 Å². The summed E-state index contributed by atoms with van der Waals surface area (Å²) >= 11 is 0. The maximum Gasteiger partial charge on any atom is 0.243 e. The van der Waals surface area contributed by atoms with Crippen LogP contribution >= 0.6 is 0 Å². The van der Waals surface area contributed by atoms with Crippen molar-refractivity contribution in [3.05, 3.63) is 24.3 Å². The second-order valence-corrected chi connectivity index (χ2v) is 4.75. The van der Waals surface area contributed by atoms with Crippen molar-refractivity contribution in [3.8, 4) is 0 Å². The van der Waals surface area contributed by atoms with E-state index in [9.17, 15) is 14.4 Å². The molecule has 0 aromatic heterocycles. The fourth-order valence-corrected chi connectivity index (χ4v) is 1.38. The molecule has 0 aliphatic rings. The Balaban J connectivity index is 2.49. The van der Waals surface area contributed by atoms with Crippen LogP contribution in [0.1, 0.15) is 13.8 Å². The highest BCUT2D eigenvalue weighted by atomic mass is 16.2. The molecule has 0 heterocycles. The number of amides is 3. The van der Waals surface area contributed by atoms with Crippen molar-refractivity contribution in [3.63, 3.8) is 0 Å². The van der Waals surface area contributed by atoms with Gasteiger partial charge in [0.05, 0.1) is 13.1 Å². The zero-order valence-electron chi connectivity index (χ0n) is 12.1. The lowest BCUT2D eigenvalue weighted by Gasteiger charge is -2.09. The maximum absolute atomic E-state index is 11.5. The molecule has 114 valence electrons. The molecule has 1 rings (SSSR count). The van der Waals surface area contributed by atoms with Crippen molar-refractivity contribution in [1.29, 1.82) is 0 Å². The molecule has 1 aromatic rings. The van der Waals surface area contributed by atoms with Crippen LogP contribution in [0.15, 0.2) is 24.3 Å². The van der Waals surface area contributed by atoms with Crippen molar-refractivity contribution >= 4 is 29.1 Å². The van der Waals surface area contributed by atoms with Crippen LogP contribution in [-0.2, 0) is 14.4 Å². The van der Waals surface area contributed by atoms with Crippen molar-refractivity contribution in [2.75, 3.05) is 23.7 Å². The van der Waals surface area contributed by atoms with Gasteiger partial charge in [-0.1, -0.05) is 13.8 Å². The zero-order chi connectivity index (χ0) is 15.8. The summed E-state index contributed by atoms with van der Waals surface area (Å²) in [6.07, 6.45) is 0. The normalized spacial score (nSPS) is 10.1. The summed E-state index contributed by atoms with van der Waals surface area (Å²) in [6.45, 7) is 3.32. The first-order valence-corrected chi connectivity index (χ1v) is 6.60. The van der Waals surface area contributed by atoms with E-state index < -0.39 is 5.91 Å². The van der Waals surface area contributed by atoms with Crippen LogP contribution in [-0.4, -0.2) is 30.8 Å². The van der Waals surface area contributed by atoms with E-state index in [4.69, 9.17) is 5.73 Å². The van der Waals surface area contributed by atoms with Gasteiger partial charge in [-0.15, -0.1) is 0 Å². The van der Waals surface area contributed by atoms with E-state index in [0.717, 1.165) is 0 Å². The SMILES string of the molecule is CC(C)C(=O)Nc1ccc(NC(=O)CNC(=O)CN)cc1. The Bertz CT molecular complexity index is 511. The summed E-state index contributed by atoms with van der Waals surface area (Å²) in [4.78, 5) is 34.0. The second-order valence-electron chi connectivity index (χ2n) is 4.75. The largest absolute Gasteiger partial charge is 0.346 e. The highest BCUT2D eigenvalue weighted by molar-refractivity contribution is 5.95. The van der Waals surface area contributed by atoms with Crippen LogP contribution in [0.4, 0.5) is 11.4 Å². The van der Waals surface area contributed by atoms with Crippen molar-refractivity contribution in [1.82, 2.24) is 5.32 Å². The molecule has 3 amide bonds. The number of rotatable bonds is 6. The highest BCUT2D eigenvalue weighted by Crippen LogP contribution is 2.14. The van der Waals surface area contributed by atoms with Crippen molar-refractivity contribution in [2.45, 2.75) is 13.8 Å². The molecule has 7 nitrogen and oxygen atoms in total. The van der Waals surface area contributed by atoms with Gasteiger partial charge >= 0.3 is 0 Å². The third-order valence-corrected chi connectivity index (χ3v) is 2.59. The molecule has 21 heavy (non-hydrogen) atoms. The van der Waals surface area contributed by atoms with Gasteiger partial charge in [0.2, 0.25) is 17.7 Å². The highest BCUT2D eigenvalue weighted by Gasteiger charge is 2.07. The Morgan fingerprint density at radius 3 is 2.00 bits per heavy atom. The summed E-state index contributed by atoms with van der Waals surface area (Å²) in [5.74, 6) is -0.917. The van der Waals surface area contributed by atoms with Crippen LogP contribution in [0.25, 0.3) is 0 Å². The molecule has 0 saturated heterocycles. The lowest BCUT2D eigenvalue weighted by atomic mass is 10.2. The molecule has 0 atom stereocenters. The number of carbonyl (C=O) groups is 3. The molecule has 0 aliphatic carbocycles. The van der Waals surface area contributed by atoms with Gasteiger partial charge in [0.25, 0.3) is 0 Å². The molecule has 0 radical (unpaired) electrons. The molecule has 5 N–H and O–H groups in total. The summed E-state index contributed by atoms with van der Waals surface area (Å²) in [5.41, 5.74) is 6.34. The third kappa shape index (κ3) is 6.05. The van der Waals surface area contributed by atoms with Gasteiger partial charge in [0, 0.05) is 17.3 Å². The monoisotopic (exact) mass is 292 g/mol. The fourth-order valence-electron chi connectivity index (χ4n) is 1.38. The molecule has 0 unspecified atom stereocenters. The van der Waals surface area contributed by atoms with Gasteiger partial charge in [-0.3, -0.25) is 14.4 Å². The molecule has 7 heteroatoms. The predicted molar refractivity (Wildman–Crippen MR) is 80.6 cm³/mol. The number of benzene rings is 1. The van der Waals surface area contributed by atoms with Gasteiger partial charge in [-0.05, 0) is 24.3 Å². The number of nitrogens with two attached hydrogens (primary N) is 1. The van der Waals surface area contributed by atoms with Gasteiger partial charge in [-0.2, -0.15) is 0 Å². The standard InChI is InChI=1S/C14H20N4O3/c1-9(2)14(21)18-11-5-3-10(4-6-11)17-13(20)8-16-12(19)7-15/h3-6,9H,7-8,15H2,1-2H3,(H,16,19)(H,17,20)(H,18,21). The summed E-state index contributed by atoms with van der Waals surface area (Å²) in [7, 11) is 0. The number of hydrogen-bond donors (Lipinski definition) is 4. The van der Waals surface area contributed by atoms with E-state index in [1.165, 1.54) is 0 Å². The van der Waals surface area contributed by atoms with Crippen molar-refractivity contribution < 1.29 is 14.4 Å². The molecule has 0 aliphatic heterocycles. The summed E-state index contributed by atoms with van der Waals surface area (Å²) in [5, 5.41) is 7.73. The average Bonchev–Trinajstić information content (AvgIpc) is 2.46. The summed E-state index contributed by atoms with van der Waals surface area (Å²) < 4.78 is 0. The second kappa shape index (κ2) is 8.01. The average molecular weight is 292 g/mol. The van der Waals surface area contributed by atoms with E-state index in [1.54, 1.807) is 38.1 Å². The molecule has 0 fully saturated rings. The minimum absolute atomic E-state index is 0.0729. The van der Waals surface area contributed by atoms with E-state index in [0.29, 0.717) is 11.4 Å². The fraction of sp³-hybridized carbons (Fsp3) is 0.357. The number of nitrogens with one attached hydrogen (secondary N) is 3. The molecular formula is C14H20N4O3. The van der Waals surface area contributed by atoms with Crippen molar-refractivity contribution in [2.24, 2.45) is 11.7 Å². The lowest BCUT2D eigenvalue weighted by Crippen LogP contribution is -2.36. The van der Waals surface area contributed by atoms with Crippen LogP contribution in [0.2, 0.25) is 0 Å². The van der Waals surface area contributed by atoms with Gasteiger partial charge in [0.15, 0.2) is 0 Å². The Morgan fingerprint density at radius 1 is 1.00 bits per heavy atom. The molecular weight excluding hydrogens is 272 g/mol. The smallest absolute Gasteiger partial charge is 0.243 e. The van der Waals surface area contributed by atoms with E-state index in [1.807, 2.05) is 0 Å². The first-order chi connectivity index (χ1) is 9.92. The quantitative estimate of drug-likeness (QED) is 0.603. The summed E-state index contributed by atoms with van der Waals surface area (Å²) in [6, 6.07) is 6.71. The third-order valence-electron chi connectivity index (χ3n) is 2.59. The maximum atomic E-state index is 11.5. The van der Waals surface area contributed by atoms with Crippen LogP contribution in [0.5, 0.6) is 0 Å². The molecule has 0 bridgehead atoms. The van der Waals surface area contributed by atoms with E-state index in [-0.39, 0.29) is 30.8 Å². The Labute approximate surface area is 123 Å². The van der Waals surface area contributed by atoms with E-state index in [2.05, 4.69) is 16.0 Å². The lowest BCUT2D eigenvalue weighted by molar-refractivity contribution is -0.123. The van der Waals surface area contributed by atoms with Gasteiger partial charge in [0.1, 0.15) is 0 Å². The Kier molecular flexibility index (Phi) is 6.35. The van der Waals surface area contributed by atoms with Crippen LogP contribution < -0.4 is 21.7 Å². The van der Waals surface area contributed by atoms with Gasteiger partial charge < -0.3 is 21.7 Å². The number of anilines is 2. The topological polar surface area (TPSA) is 113 Å². The van der Waals surface area contributed by atoms with E-state index >= 15 is 0 Å². The number of hydrogen-bond acceptors (Lipinski definition) is 4. The molecule has 0 saturated carbocycles. The minimum Gasteiger partial charge on any atom is -0.346 e. The Hall–Kier alpha value is -2.41. The first kappa shape index (κ1) is 16.6. The zero-order valence-corrected chi connectivity index (χ0v) is 12.1. The molecule has 0 spiro atoms. The predicted octanol–water partition coefficient (Wildman–Crippen LogP) is 0.295. The molecule has 1 aromatic carbocycles. The van der Waals surface area contributed by atoms with Crippen LogP contribution in [0.3, 0.4) is 0 Å². The Morgan fingerprint density at radius 2 is 1.52 bits per heavy atom. The minimum atomic E-state index is -0.392. The van der Waals surface area contributed by atoms with Crippen LogP contribution in [0, 0.1) is 5.92 Å². The number of carbonyl (C=O) groups excluding carboxylic acids is 3.